The summed E-state index contributed by atoms with van der Waals surface area (Å²) in [6.45, 7) is 9.89. The summed E-state index contributed by atoms with van der Waals surface area (Å²) >= 11 is 0. The van der Waals surface area contributed by atoms with Crippen molar-refractivity contribution in [2.45, 2.75) is 187 Å². The number of rotatable bonds is 29. The van der Waals surface area contributed by atoms with E-state index in [1.54, 1.807) is 0 Å². The van der Waals surface area contributed by atoms with Gasteiger partial charge in [-0.25, -0.2) is 0 Å². The summed E-state index contributed by atoms with van der Waals surface area (Å²) in [6, 6.07) is 0.00802. The van der Waals surface area contributed by atoms with Gasteiger partial charge in [-0.2, -0.15) is 0 Å². The van der Waals surface area contributed by atoms with Crippen LogP contribution in [-0.2, 0) is 19.1 Å². The molecule has 0 aromatic rings. The minimum atomic E-state index is -0.173. The molecule has 2 saturated heterocycles. The van der Waals surface area contributed by atoms with Gasteiger partial charge in [0.25, 0.3) is 0 Å². The fourth-order valence-electron chi connectivity index (χ4n) is 7.29. The van der Waals surface area contributed by atoms with Gasteiger partial charge in [-0.15, -0.1) is 0 Å². The molecule has 0 aromatic heterocycles. The van der Waals surface area contributed by atoms with Crippen LogP contribution in [0.15, 0.2) is 0 Å². The summed E-state index contributed by atoms with van der Waals surface area (Å²) in [6.07, 6.45) is 32.4. The van der Waals surface area contributed by atoms with Crippen LogP contribution in [0.1, 0.15) is 181 Å². The SMILES string of the molecule is CCCCCCCCCCCCCCCCN1C(=O)CC[C@H](C(=O)OCCN2CCOCC2)[C@H]1CCCCCCCCCCC. The predicted octanol–water partition coefficient (Wildman–Crippen LogP) is 9.87. The largest absolute Gasteiger partial charge is 0.464 e. The molecule has 0 saturated carbocycles. The number of ether oxygens (including phenoxy) is 2. The van der Waals surface area contributed by atoms with Crippen molar-refractivity contribution in [3.05, 3.63) is 0 Å². The molecular weight excluding hydrogens is 560 g/mol. The van der Waals surface area contributed by atoms with Crippen LogP contribution in [0, 0.1) is 5.92 Å². The van der Waals surface area contributed by atoms with E-state index in [1.807, 2.05) is 0 Å². The summed E-state index contributed by atoms with van der Waals surface area (Å²) in [7, 11) is 0. The Morgan fingerprint density at radius 2 is 1.13 bits per heavy atom. The Balaban J connectivity index is 1.71. The van der Waals surface area contributed by atoms with Crippen LogP contribution in [0.25, 0.3) is 0 Å². The molecule has 45 heavy (non-hydrogen) atoms. The van der Waals surface area contributed by atoms with Crippen molar-refractivity contribution in [2.75, 3.05) is 46.0 Å². The van der Waals surface area contributed by atoms with E-state index in [-0.39, 0.29) is 23.8 Å². The highest BCUT2D eigenvalue weighted by Gasteiger charge is 2.39. The smallest absolute Gasteiger partial charge is 0.311 e. The van der Waals surface area contributed by atoms with Crippen molar-refractivity contribution in [1.82, 2.24) is 9.80 Å². The van der Waals surface area contributed by atoms with Gasteiger partial charge in [0.05, 0.1) is 19.1 Å². The van der Waals surface area contributed by atoms with Crippen molar-refractivity contribution in [3.63, 3.8) is 0 Å². The molecule has 2 rings (SSSR count). The first kappa shape index (κ1) is 40.0. The van der Waals surface area contributed by atoms with Gasteiger partial charge in [0.2, 0.25) is 5.91 Å². The van der Waals surface area contributed by atoms with E-state index < -0.39 is 0 Å². The van der Waals surface area contributed by atoms with Gasteiger partial charge in [0.15, 0.2) is 0 Å². The molecule has 2 aliphatic rings. The molecule has 0 aromatic carbocycles. The van der Waals surface area contributed by atoms with Crippen LogP contribution in [-0.4, -0.2) is 73.7 Å². The number of carbonyl (C=O) groups excluding carboxylic acids is 2. The summed E-state index contributed by atoms with van der Waals surface area (Å²) in [5.74, 6) is -0.00120. The van der Waals surface area contributed by atoms with Gasteiger partial charge in [0.1, 0.15) is 6.61 Å². The Morgan fingerprint density at radius 3 is 1.64 bits per heavy atom. The minimum Gasteiger partial charge on any atom is -0.464 e. The molecule has 0 N–H and O–H groups in total. The highest BCUT2D eigenvalue weighted by molar-refractivity contribution is 5.82. The lowest BCUT2D eigenvalue weighted by atomic mass is 9.85. The van der Waals surface area contributed by atoms with Crippen molar-refractivity contribution >= 4 is 11.9 Å². The second-order valence-corrected chi connectivity index (χ2v) is 14.1. The first-order valence-corrected chi connectivity index (χ1v) is 19.9. The second-order valence-electron chi connectivity index (χ2n) is 14.1. The number of esters is 1. The molecule has 2 fully saturated rings. The van der Waals surface area contributed by atoms with E-state index in [4.69, 9.17) is 9.47 Å². The number of likely N-dealkylation sites (tertiary alicyclic amines) is 1. The molecule has 0 spiro atoms. The Labute approximate surface area is 279 Å². The average Bonchev–Trinajstić information content (AvgIpc) is 3.05. The number of hydrogen-bond donors (Lipinski definition) is 0. The Morgan fingerprint density at radius 1 is 0.667 bits per heavy atom. The molecule has 6 heteroatoms. The molecule has 0 unspecified atom stereocenters. The number of amides is 1. The number of nitrogens with zero attached hydrogens (tertiary/aromatic N) is 2. The first-order chi connectivity index (χ1) is 22.2. The second kappa shape index (κ2) is 27.9. The molecular formula is C39H74N2O4. The number of piperidine rings is 1. The maximum Gasteiger partial charge on any atom is 0.311 e. The zero-order valence-electron chi connectivity index (χ0n) is 30.0. The van der Waals surface area contributed by atoms with Crippen molar-refractivity contribution in [2.24, 2.45) is 5.92 Å². The van der Waals surface area contributed by atoms with E-state index in [2.05, 4.69) is 23.6 Å². The van der Waals surface area contributed by atoms with E-state index >= 15 is 0 Å². The van der Waals surface area contributed by atoms with Crippen LogP contribution in [0.4, 0.5) is 0 Å². The van der Waals surface area contributed by atoms with Gasteiger partial charge < -0.3 is 14.4 Å². The van der Waals surface area contributed by atoms with Crippen molar-refractivity contribution in [3.8, 4) is 0 Å². The monoisotopic (exact) mass is 635 g/mol. The van der Waals surface area contributed by atoms with Crippen LogP contribution in [0.3, 0.4) is 0 Å². The third kappa shape index (κ3) is 19.3. The fourth-order valence-corrected chi connectivity index (χ4v) is 7.29. The van der Waals surface area contributed by atoms with Crippen LogP contribution < -0.4 is 0 Å². The van der Waals surface area contributed by atoms with Gasteiger partial charge in [-0.1, -0.05) is 155 Å². The van der Waals surface area contributed by atoms with Crippen LogP contribution in [0.5, 0.6) is 0 Å². The van der Waals surface area contributed by atoms with Gasteiger partial charge >= 0.3 is 5.97 Å². The Kier molecular flexibility index (Phi) is 24.8. The highest BCUT2D eigenvalue weighted by atomic mass is 16.5. The maximum atomic E-state index is 13.4. The van der Waals surface area contributed by atoms with Gasteiger partial charge in [-0.05, 0) is 19.3 Å². The summed E-state index contributed by atoms with van der Waals surface area (Å²) in [5, 5.41) is 0. The molecule has 6 nitrogen and oxygen atoms in total. The average molecular weight is 635 g/mol. The summed E-state index contributed by atoms with van der Waals surface area (Å²) in [5.41, 5.74) is 0. The summed E-state index contributed by atoms with van der Waals surface area (Å²) in [4.78, 5) is 30.9. The van der Waals surface area contributed by atoms with Crippen molar-refractivity contribution < 1.29 is 19.1 Å². The van der Waals surface area contributed by atoms with Crippen molar-refractivity contribution in [1.29, 1.82) is 0 Å². The van der Waals surface area contributed by atoms with E-state index in [0.29, 0.717) is 19.4 Å². The lowest BCUT2D eigenvalue weighted by molar-refractivity contribution is -0.157. The lowest BCUT2D eigenvalue weighted by Gasteiger charge is -2.40. The number of hydrogen-bond acceptors (Lipinski definition) is 5. The first-order valence-electron chi connectivity index (χ1n) is 19.9. The van der Waals surface area contributed by atoms with E-state index in [9.17, 15) is 9.59 Å². The third-order valence-corrected chi connectivity index (χ3v) is 10.3. The van der Waals surface area contributed by atoms with Gasteiger partial charge in [0, 0.05) is 38.6 Å². The van der Waals surface area contributed by atoms with Gasteiger partial charge in [-0.3, -0.25) is 14.5 Å². The van der Waals surface area contributed by atoms with E-state index in [0.717, 1.165) is 58.7 Å². The molecule has 1 amide bonds. The molecule has 0 radical (unpaired) electrons. The maximum absolute atomic E-state index is 13.4. The fraction of sp³-hybridized carbons (Fsp3) is 0.949. The van der Waals surface area contributed by atoms with Crippen LogP contribution >= 0.6 is 0 Å². The molecule has 2 heterocycles. The molecule has 0 aliphatic carbocycles. The Bertz CT molecular complexity index is 711. The zero-order chi connectivity index (χ0) is 32.2. The molecule has 2 atom stereocenters. The molecule has 2 aliphatic heterocycles. The third-order valence-electron chi connectivity index (χ3n) is 10.3. The van der Waals surface area contributed by atoms with E-state index in [1.165, 1.54) is 135 Å². The quantitative estimate of drug-likeness (QED) is 0.0605. The number of morpholine rings is 1. The molecule has 0 bridgehead atoms. The topological polar surface area (TPSA) is 59.1 Å². The highest BCUT2D eigenvalue weighted by Crippen LogP contribution is 2.30. The van der Waals surface area contributed by atoms with Crippen LogP contribution in [0.2, 0.25) is 0 Å². The lowest BCUT2D eigenvalue weighted by Crippen LogP contribution is -2.51. The zero-order valence-corrected chi connectivity index (χ0v) is 30.0. The number of carbonyl (C=O) groups is 2. The minimum absolute atomic E-state index is 0.00802. The number of unbranched alkanes of at least 4 members (excludes halogenated alkanes) is 21. The standard InChI is InChI=1S/C39H74N2O4/c1-3-5-7-9-11-13-14-15-16-17-19-21-23-25-29-41-37(26-24-22-20-18-12-10-8-6-4-2)36(27-28-38(41)42)39(43)45-35-32-40-30-33-44-34-31-40/h36-37H,3-35H2,1-2H3/t36-,37+/m0/s1. The Hall–Kier alpha value is -1.14. The predicted molar refractivity (Wildman–Crippen MR) is 189 cm³/mol. The normalized spacial score (nSPS) is 19.3. The molecule has 264 valence electrons. The summed E-state index contributed by atoms with van der Waals surface area (Å²) < 4.78 is 11.3.